The molecular weight excluding hydrogens is 454 g/mol. The summed E-state index contributed by atoms with van der Waals surface area (Å²) in [4.78, 5) is 62.4. The Labute approximate surface area is 208 Å². The summed E-state index contributed by atoms with van der Waals surface area (Å²) in [5.41, 5.74) is 0.901. The number of carbonyl (C=O) groups excluding carboxylic acids is 5. The Morgan fingerprint density at radius 3 is 2.29 bits per heavy atom. The molecular formula is C24H43N5O6. The summed E-state index contributed by atoms with van der Waals surface area (Å²) in [7, 11) is 1.76. The van der Waals surface area contributed by atoms with Crippen LogP contribution in [0.25, 0.3) is 0 Å². The van der Waals surface area contributed by atoms with Gasteiger partial charge in [0.25, 0.3) is 0 Å². The Balaban J connectivity index is 2.59. The zero-order valence-corrected chi connectivity index (χ0v) is 21.4. The standard InChI is InChI=1S/C24H43N5O6/c1-4-15-29(16-21(32)27-19(17-30)11-7-5-8-12-20(31)28-35)22(33)18(2)26-23(34)24(25-3)13-9-6-10-14-24/h17-19,25,35H,4-16H2,1-3H3,(H,26,34)(H,27,32)(H,28,31). The van der Waals surface area contributed by atoms with Crippen molar-refractivity contribution in [2.75, 3.05) is 20.1 Å². The van der Waals surface area contributed by atoms with Crippen LogP contribution in [0.15, 0.2) is 0 Å². The molecule has 4 amide bonds. The maximum Gasteiger partial charge on any atom is 0.245 e. The molecule has 35 heavy (non-hydrogen) atoms. The summed E-state index contributed by atoms with van der Waals surface area (Å²) in [6, 6.07) is -1.47. The first-order valence-corrected chi connectivity index (χ1v) is 12.7. The lowest BCUT2D eigenvalue weighted by atomic mass is 9.81. The third-order valence-corrected chi connectivity index (χ3v) is 6.53. The number of rotatable bonds is 16. The minimum Gasteiger partial charge on any atom is -0.345 e. The number of nitrogens with one attached hydrogen (secondary N) is 4. The summed E-state index contributed by atoms with van der Waals surface area (Å²) >= 11 is 0. The molecule has 1 fully saturated rings. The minimum absolute atomic E-state index is 0.187. The van der Waals surface area contributed by atoms with Crippen molar-refractivity contribution in [3.05, 3.63) is 0 Å². The highest BCUT2D eigenvalue weighted by Gasteiger charge is 2.39. The highest BCUT2D eigenvalue weighted by atomic mass is 16.5. The Hall–Kier alpha value is -2.53. The van der Waals surface area contributed by atoms with Crippen LogP contribution >= 0.6 is 0 Å². The number of amides is 4. The van der Waals surface area contributed by atoms with E-state index in [4.69, 9.17) is 5.21 Å². The first kappa shape index (κ1) is 30.5. The first-order chi connectivity index (χ1) is 16.7. The van der Waals surface area contributed by atoms with E-state index in [0.717, 1.165) is 32.1 Å². The molecule has 0 saturated heterocycles. The number of hydrogen-bond donors (Lipinski definition) is 5. The van der Waals surface area contributed by atoms with Gasteiger partial charge in [-0.1, -0.05) is 39.0 Å². The van der Waals surface area contributed by atoms with Gasteiger partial charge in [-0.3, -0.25) is 24.4 Å². The molecule has 0 aliphatic heterocycles. The first-order valence-electron chi connectivity index (χ1n) is 12.7. The summed E-state index contributed by atoms with van der Waals surface area (Å²) in [6.45, 7) is 3.66. The number of unbranched alkanes of at least 4 members (excludes halogenated alkanes) is 2. The molecule has 1 aliphatic carbocycles. The molecule has 1 rings (SSSR count). The summed E-state index contributed by atoms with van der Waals surface area (Å²) in [5.74, 6) is -1.45. The van der Waals surface area contributed by atoms with Crippen LogP contribution in [0, 0.1) is 0 Å². The zero-order valence-electron chi connectivity index (χ0n) is 21.4. The van der Waals surface area contributed by atoms with Gasteiger partial charge in [-0.05, 0) is 46.1 Å². The quantitative estimate of drug-likeness (QED) is 0.0913. The third kappa shape index (κ3) is 10.3. The molecule has 2 unspecified atom stereocenters. The molecule has 1 saturated carbocycles. The Morgan fingerprint density at radius 1 is 1.03 bits per heavy atom. The molecule has 200 valence electrons. The second kappa shape index (κ2) is 16.2. The molecule has 1 aliphatic rings. The van der Waals surface area contributed by atoms with Crippen molar-refractivity contribution in [1.82, 2.24) is 26.3 Å². The largest absolute Gasteiger partial charge is 0.345 e. The van der Waals surface area contributed by atoms with E-state index >= 15 is 0 Å². The maximum absolute atomic E-state index is 13.0. The van der Waals surface area contributed by atoms with Crippen LogP contribution in [0.5, 0.6) is 0 Å². The van der Waals surface area contributed by atoms with Crippen LogP contribution in [0.1, 0.15) is 84.5 Å². The predicted molar refractivity (Wildman–Crippen MR) is 130 cm³/mol. The van der Waals surface area contributed by atoms with Gasteiger partial charge in [0.1, 0.15) is 12.3 Å². The molecule has 0 bridgehead atoms. The lowest BCUT2D eigenvalue weighted by molar-refractivity contribution is -0.140. The van der Waals surface area contributed by atoms with Gasteiger partial charge in [0.15, 0.2) is 0 Å². The fourth-order valence-corrected chi connectivity index (χ4v) is 4.44. The Morgan fingerprint density at radius 2 is 1.71 bits per heavy atom. The average molecular weight is 498 g/mol. The SMILES string of the molecule is CCCN(CC(=O)NC(C=O)CCCCCC(=O)NO)C(=O)C(C)NC(=O)C1(NC)CCCCC1. The van der Waals surface area contributed by atoms with Crippen molar-refractivity contribution in [3.63, 3.8) is 0 Å². The predicted octanol–water partition coefficient (Wildman–Crippen LogP) is 0.792. The minimum atomic E-state index is -0.785. The molecule has 11 nitrogen and oxygen atoms in total. The summed E-state index contributed by atoms with van der Waals surface area (Å²) in [5, 5.41) is 17.1. The van der Waals surface area contributed by atoms with Crippen molar-refractivity contribution in [1.29, 1.82) is 0 Å². The number of carbonyl (C=O) groups is 5. The molecule has 0 radical (unpaired) electrons. The van der Waals surface area contributed by atoms with E-state index < -0.39 is 29.4 Å². The molecule has 0 heterocycles. The molecule has 0 aromatic carbocycles. The second-order valence-corrected chi connectivity index (χ2v) is 9.29. The fraction of sp³-hybridized carbons (Fsp3) is 0.792. The van der Waals surface area contributed by atoms with Crippen LogP contribution in [-0.2, 0) is 24.0 Å². The van der Waals surface area contributed by atoms with Gasteiger partial charge in [-0.15, -0.1) is 0 Å². The lowest BCUT2D eigenvalue weighted by Gasteiger charge is -2.36. The average Bonchev–Trinajstić information content (AvgIpc) is 2.86. The monoisotopic (exact) mass is 497 g/mol. The zero-order chi connectivity index (χ0) is 26.3. The van der Waals surface area contributed by atoms with E-state index in [1.165, 1.54) is 4.90 Å². The third-order valence-electron chi connectivity index (χ3n) is 6.53. The topological polar surface area (TPSA) is 157 Å². The van der Waals surface area contributed by atoms with Crippen molar-refractivity contribution in [3.8, 4) is 0 Å². The van der Waals surface area contributed by atoms with Gasteiger partial charge in [0, 0.05) is 13.0 Å². The van der Waals surface area contributed by atoms with Gasteiger partial charge < -0.3 is 25.6 Å². The summed E-state index contributed by atoms with van der Waals surface area (Å²) < 4.78 is 0. The van der Waals surface area contributed by atoms with Crippen molar-refractivity contribution in [2.24, 2.45) is 0 Å². The van der Waals surface area contributed by atoms with E-state index in [1.54, 1.807) is 19.5 Å². The lowest BCUT2D eigenvalue weighted by Crippen LogP contribution is -2.60. The number of hydrogen-bond acceptors (Lipinski definition) is 7. The van der Waals surface area contributed by atoms with Crippen LogP contribution < -0.4 is 21.4 Å². The smallest absolute Gasteiger partial charge is 0.245 e. The van der Waals surface area contributed by atoms with Crippen LogP contribution in [0.3, 0.4) is 0 Å². The second-order valence-electron chi connectivity index (χ2n) is 9.29. The normalized spacial score (nSPS) is 16.5. The summed E-state index contributed by atoms with van der Waals surface area (Å²) in [6.07, 6.45) is 8.18. The molecule has 0 aromatic heterocycles. The fourth-order valence-electron chi connectivity index (χ4n) is 4.44. The van der Waals surface area contributed by atoms with Gasteiger partial charge >= 0.3 is 0 Å². The van der Waals surface area contributed by atoms with Crippen molar-refractivity contribution in [2.45, 2.75) is 102 Å². The van der Waals surface area contributed by atoms with Crippen LogP contribution in [0.2, 0.25) is 0 Å². The van der Waals surface area contributed by atoms with Crippen LogP contribution in [0.4, 0.5) is 0 Å². The molecule has 2 atom stereocenters. The number of aldehydes is 1. The highest BCUT2D eigenvalue weighted by Crippen LogP contribution is 2.28. The van der Waals surface area contributed by atoms with E-state index in [1.807, 2.05) is 6.92 Å². The Bertz CT molecular complexity index is 711. The maximum atomic E-state index is 13.0. The highest BCUT2D eigenvalue weighted by molar-refractivity contribution is 5.93. The molecule has 11 heteroatoms. The van der Waals surface area contributed by atoms with Gasteiger partial charge in [-0.2, -0.15) is 0 Å². The van der Waals surface area contributed by atoms with Crippen molar-refractivity contribution >= 4 is 29.9 Å². The van der Waals surface area contributed by atoms with E-state index in [2.05, 4.69) is 16.0 Å². The number of nitrogens with zero attached hydrogens (tertiary/aromatic N) is 1. The van der Waals surface area contributed by atoms with Gasteiger partial charge in [0.2, 0.25) is 23.6 Å². The number of likely N-dealkylation sites (N-methyl/N-ethyl adjacent to an activating group) is 1. The molecule has 0 spiro atoms. The Kier molecular flexibility index (Phi) is 14.1. The van der Waals surface area contributed by atoms with Crippen molar-refractivity contribution < 1.29 is 29.2 Å². The van der Waals surface area contributed by atoms with Crippen LogP contribution in [-0.4, -0.2) is 77.8 Å². The van der Waals surface area contributed by atoms with Gasteiger partial charge in [-0.25, -0.2) is 5.48 Å². The molecule has 0 aromatic rings. The number of hydroxylamine groups is 1. The van der Waals surface area contributed by atoms with E-state index in [0.29, 0.717) is 44.9 Å². The van der Waals surface area contributed by atoms with E-state index in [9.17, 15) is 24.0 Å². The molecule has 5 N–H and O–H groups in total. The van der Waals surface area contributed by atoms with E-state index in [-0.39, 0.29) is 24.8 Å². The van der Waals surface area contributed by atoms with Gasteiger partial charge in [0.05, 0.1) is 18.1 Å².